The van der Waals surface area contributed by atoms with E-state index in [2.05, 4.69) is 0 Å². The second-order valence-corrected chi connectivity index (χ2v) is 7.17. The Morgan fingerprint density at radius 2 is 1.58 bits per heavy atom. The molecule has 0 aliphatic heterocycles. The van der Waals surface area contributed by atoms with E-state index in [1.54, 1.807) is 24.3 Å². The second-order valence-electron chi connectivity index (χ2n) is 5.66. The van der Waals surface area contributed by atoms with Crippen LogP contribution in [-0.2, 0) is 10.1 Å². The van der Waals surface area contributed by atoms with Gasteiger partial charge in [-0.2, -0.15) is 8.42 Å². The maximum atomic E-state index is 12.8. The van der Waals surface area contributed by atoms with Crippen molar-refractivity contribution >= 4 is 26.7 Å². The van der Waals surface area contributed by atoms with Gasteiger partial charge in [-0.1, -0.05) is 24.3 Å². The van der Waals surface area contributed by atoms with E-state index in [0.29, 0.717) is 28.7 Å². The Morgan fingerprint density at radius 3 is 2.19 bits per heavy atom. The first kappa shape index (κ1) is 17.9. The molecule has 0 saturated carbocycles. The summed E-state index contributed by atoms with van der Waals surface area (Å²) in [5.41, 5.74) is 0.487. The lowest BCUT2D eigenvalue weighted by Gasteiger charge is -2.13. The van der Waals surface area contributed by atoms with Gasteiger partial charge in [-0.3, -0.25) is 4.79 Å². The molecule has 0 unspecified atom stereocenters. The maximum Gasteiger partial charge on any atom is 0.339 e. The first-order valence-corrected chi connectivity index (χ1v) is 9.53. The molecule has 0 fully saturated rings. The van der Waals surface area contributed by atoms with E-state index in [-0.39, 0.29) is 16.4 Å². The highest BCUT2D eigenvalue weighted by Crippen LogP contribution is 2.32. The van der Waals surface area contributed by atoms with Crippen LogP contribution in [0.4, 0.5) is 0 Å². The molecule has 0 radical (unpaired) electrons. The van der Waals surface area contributed by atoms with Gasteiger partial charge in [0.15, 0.2) is 5.78 Å². The Labute approximate surface area is 152 Å². The molecule has 3 aromatic rings. The van der Waals surface area contributed by atoms with Crippen molar-refractivity contribution < 1.29 is 22.1 Å². The van der Waals surface area contributed by atoms with Crippen LogP contribution in [0, 0.1) is 0 Å². The number of carbonyl (C=O) groups is 1. The van der Waals surface area contributed by atoms with Crippen LogP contribution in [0.1, 0.15) is 24.2 Å². The standard InChI is InChI=1S/C20H18O5S/c1-3-24-19-12-13-20(18-7-5-4-6-17(18)19)26(22,23)25-16-10-8-15(9-11-16)14(2)21/h4-13H,3H2,1-2H3. The Balaban J connectivity index is 2.02. The second kappa shape index (κ2) is 7.17. The molecule has 0 saturated heterocycles. The van der Waals surface area contributed by atoms with Crippen LogP contribution in [0.25, 0.3) is 10.8 Å². The molecule has 3 rings (SSSR count). The van der Waals surface area contributed by atoms with E-state index in [4.69, 9.17) is 8.92 Å². The van der Waals surface area contributed by atoms with Gasteiger partial charge >= 0.3 is 10.1 Å². The van der Waals surface area contributed by atoms with Crippen LogP contribution in [-0.4, -0.2) is 20.8 Å². The SMILES string of the molecule is CCOc1ccc(S(=O)(=O)Oc2ccc(C(C)=O)cc2)c2ccccc12. The van der Waals surface area contributed by atoms with Crippen molar-refractivity contribution in [1.82, 2.24) is 0 Å². The summed E-state index contributed by atoms with van der Waals surface area (Å²) in [5, 5.41) is 1.23. The van der Waals surface area contributed by atoms with Gasteiger partial charge < -0.3 is 8.92 Å². The highest BCUT2D eigenvalue weighted by atomic mass is 32.2. The van der Waals surface area contributed by atoms with Crippen molar-refractivity contribution in [3.05, 3.63) is 66.2 Å². The number of rotatable bonds is 6. The number of hydrogen-bond acceptors (Lipinski definition) is 5. The van der Waals surface area contributed by atoms with Gasteiger partial charge in [0.2, 0.25) is 0 Å². The third-order valence-electron chi connectivity index (χ3n) is 3.88. The van der Waals surface area contributed by atoms with Crippen LogP contribution in [0.15, 0.2) is 65.6 Å². The minimum atomic E-state index is -4.05. The van der Waals surface area contributed by atoms with Gasteiger partial charge in [0, 0.05) is 16.3 Å². The van der Waals surface area contributed by atoms with E-state index in [9.17, 15) is 13.2 Å². The van der Waals surface area contributed by atoms with Crippen LogP contribution >= 0.6 is 0 Å². The lowest BCUT2D eigenvalue weighted by Crippen LogP contribution is -2.10. The Morgan fingerprint density at radius 1 is 0.923 bits per heavy atom. The molecule has 6 heteroatoms. The zero-order valence-corrected chi connectivity index (χ0v) is 15.2. The number of fused-ring (bicyclic) bond motifs is 1. The zero-order valence-electron chi connectivity index (χ0n) is 14.4. The summed E-state index contributed by atoms with van der Waals surface area (Å²) in [6.45, 7) is 3.79. The molecule has 3 aromatic carbocycles. The van der Waals surface area contributed by atoms with Crippen molar-refractivity contribution in [1.29, 1.82) is 0 Å². The van der Waals surface area contributed by atoms with Crippen molar-refractivity contribution in [3.63, 3.8) is 0 Å². The molecule has 5 nitrogen and oxygen atoms in total. The van der Waals surface area contributed by atoms with Crippen LogP contribution in [0.5, 0.6) is 11.5 Å². The number of carbonyl (C=O) groups excluding carboxylic acids is 1. The quantitative estimate of drug-likeness (QED) is 0.480. The fourth-order valence-corrected chi connectivity index (χ4v) is 3.80. The number of Topliss-reactive ketones (excluding diaryl/α,β-unsaturated/α-hetero) is 1. The molecular weight excluding hydrogens is 352 g/mol. The molecule has 0 bridgehead atoms. The number of ketones is 1. The minimum absolute atomic E-state index is 0.0622. The highest BCUT2D eigenvalue weighted by Gasteiger charge is 2.21. The van der Waals surface area contributed by atoms with E-state index in [0.717, 1.165) is 0 Å². The fourth-order valence-electron chi connectivity index (χ4n) is 2.66. The molecule has 0 heterocycles. The van der Waals surface area contributed by atoms with Crippen molar-refractivity contribution in [2.75, 3.05) is 6.61 Å². The van der Waals surface area contributed by atoms with Gasteiger partial charge in [0.1, 0.15) is 16.4 Å². The summed E-state index contributed by atoms with van der Waals surface area (Å²) in [6.07, 6.45) is 0. The van der Waals surface area contributed by atoms with Crippen LogP contribution in [0.3, 0.4) is 0 Å². The third-order valence-corrected chi connectivity index (χ3v) is 5.19. The normalized spacial score (nSPS) is 11.3. The smallest absolute Gasteiger partial charge is 0.339 e. The van der Waals surface area contributed by atoms with Gasteiger partial charge in [0.05, 0.1) is 6.61 Å². The van der Waals surface area contributed by atoms with Gasteiger partial charge in [-0.05, 0) is 50.2 Å². The molecular formula is C20H18O5S. The Hall–Kier alpha value is -2.86. The largest absolute Gasteiger partial charge is 0.493 e. The average molecular weight is 370 g/mol. The van der Waals surface area contributed by atoms with E-state index < -0.39 is 10.1 Å². The maximum absolute atomic E-state index is 12.8. The molecule has 0 amide bonds. The summed E-state index contributed by atoms with van der Waals surface area (Å²) in [4.78, 5) is 11.4. The van der Waals surface area contributed by atoms with Crippen molar-refractivity contribution in [2.24, 2.45) is 0 Å². The molecule has 134 valence electrons. The summed E-state index contributed by atoms with van der Waals surface area (Å²) in [6, 6.07) is 16.2. The first-order chi connectivity index (χ1) is 12.4. The topological polar surface area (TPSA) is 69.7 Å². The number of benzene rings is 3. The van der Waals surface area contributed by atoms with Gasteiger partial charge in [-0.15, -0.1) is 0 Å². The summed E-state index contributed by atoms with van der Waals surface area (Å²) in [7, 11) is -4.05. The molecule has 0 atom stereocenters. The average Bonchev–Trinajstić information content (AvgIpc) is 2.62. The lowest BCUT2D eigenvalue weighted by atomic mass is 10.1. The monoisotopic (exact) mass is 370 g/mol. The van der Waals surface area contributed by atoms with Crippen molar-refractivity contribution in [2.45, 2.75) is 18.7 Å². The van der Waals surface area contributed by atoms with E-state index in [1.165, 1.54) is 37.3 Å². The summed E-state index contributed by atoms with van der Waals surface area (Å²) >= 11 is 0. The molecule has 0 aromatic heterocycles. The third kappa shape index (κ3) is 3.55. The highest BCUT2D eigenvalue weighted by molar-refractivity contribution is 7.87. The number of hydrogen-bond donors (Lipinski definition) is 0. The molecule has 0 N–H and O–H groups in total. The van der Waals surface area contributed by atoms with E-state index >= 15 is 0 Å². The lowest BCUT2D eigenvalue weighted by molar-refractivity contribution is 0.101. The molecule has 26 heavy (non-hydrogen) atoms. The predicted octanol–water partition coefficient (Wildman–Crippen LogP) is 4.21. The summed E-state index contributed by atoms with van der Waals surface area (Å²) in [5.74, 6) is 0.665. The fraction of sp³-hybridized carbons (Fsp3) is 0.150. The molecule has 0 spiro atoms. The molecule has 0 aliphatic rings. The van der Waals surface area contributed by atoms with E-state index in [1.807, 2.05) is 13.0 Å². The predicted molar refractivity (Wildman–Crippen MR) is 99.4 cm³/mol. The Kier molecular flexibility index (Phi) is 4.95. The molecule has 0 aliphatic carbocycles. The minimum Gasteiger partial charge on any atom is -0.493 e. The zero-order chi connectivity index (χ0) is 18.7. The van der Waals surface area contributed by atoms with Gasteiger partial charge in [-0.25, -0.2) is 0 Å². The van der Waals surface area contributed by atoms with Crippen LogP contribution in [0.2, 0.25) is 0 Å². The summed E-state index contributed by atoms with van der Waals surface area (Å²) < 4.78 is 36.4. The Bertz CT molecular complexity index is 1050. The first-order valence-electron chi connectivity index (χ1n) is 8.12. The number of ether oxygens (including phenoxy) is 1. The van der Waals surface area contributed by atoms with Crippen LogP contribution < -0.4 is 8.92 Å². The van der Waals surface area contributed by atoms with Crippen molar-refractivity contribution in [3.8, 4) is 11.5 Å². The van der Waals surface area contributed by atoms with Gasteiger partial charge in [0.25, 0.3) is 0 Å².